The average Bonchev–Trinajstić information content (AvgIpc) is 2.85. The van der Waals surface area contributed by atoms with Crippen LogP contribution in [0.1, 0.15) is 19.3 Å². The fourth-order valence-corrected chi connectivity index (χ4v) is 3.32. The van der Waals surface area contributed by atoms with Gasteiger partial charge in [-0.3, -0.25) is 4.79 Å². The molecule has 1 fully saturated rings. The first-order valence-electron chi connectivity index (χ1n) is 6.98. The van der Waals surface area contributed by atoms with Gasteiger partial charge in [-0.2, -0.15) is 0 Å². The quantitative estimate of drug-likeness (QED) is 0.916. The van der Waals surface area contributed by atoms with Crippen LogP contribution in [0.25, 0.3) is 11.3 Å². The fourth-order valence-electron chi connectivity index (χ4n) is 2.30. The van der Waals surface area contributed by atoms with Gasteiger partial charge in [0.15, 0.2) is 5.16 Å². The number of carbonyl (C=O) groups is 1. The van der Waals surface area contributed by atoms with Gasteiger partial charge in [0.05, 0.1) is 17.1 Å². The molecular formula is C15H16FN3OS. The fraction of sp³-hybridized carbons (Fsp3) is 0.333. The molecule has 110 valence electrons. The lowest BCUT2D eigenvalue weighted by Gasteiger charge is -2.10. The highest BCUT2D eigenvalue weighted by atomic mass is 32.2. The van der Waals surface area contributed by atoms with Gasteiger partial charge in [0, 0.05) is 6.54 Å². The van der Waals surface area contributed by atoms with Crippen LogP contribution in [0.2, 0.25) is 0 Å². The van der Waals surface area contributed by atoms with E-state index in [9.17, 15) is 9.18 Å². The lowest BCUT2D eigenvalue weighted by Crippen LogP contribution is -2.30. The van der Waals surface area contributed by atoms with Crippen molar-refractivity contribution in [1.82, 2.24) is 15.3 Å². The predicted molar refractivity (Wildman–Crippen MR) is 80.5 cm³/mol. The van der Waals surface area contributed by atoms with E-state index in [1.807, 2.05) is 0 Å². The van der Waals surface area contributed by atoms with Gasteiger partial charge >= 0.3 is 0 Å². The Morgan fingerprint density at radius 3 is 2.86 bits per heavy atom. The minimum Gasteiger partial charge on any atom is -0.355 e. The number of rotatable bonds is 3. The maximum atomic E-state index is 12.9. The van der Waals surface area contributed by atoms with Gasteiger partial charge < -0.3 is 10.3 Å². The number of benzene rings is 1. The summed E-state index contributed by atoms with van der Waals surface area (Å²) < 4.78 is 12.9. The zero-order chi connectivity index (χ0) is 14.7. The first-order chi connectivity index (χ1) is 10.2. The van der Waals surface area contributed by atoms with Crippen LogP contribution < -0.4 is 5.32 Å². The van der Waals surface area contributed by atoms with Crippen LogP contribution in [0.5, 0.6) is 0 Å². The first kappa shape index (κ1) is 14.1. The number of hydrogen-bond acceptors (Lipinski definition) is 3. The van der Waals surface area contributed by atoms with Crippen molar-refractivity contribution in [3.63, 3.8) is 0 Å². The molecule has 4 nitrogen and oxygen atoms in total. The zero-order valence-electron chi connectivity index (χ0n) is 11.4. The molecular weight excluding hydrogens is 289 g/mol. The molecule has 1 aromatic heterocycles. The molecule has 0 spiro atoms. The zero-order valence-corrected chi connectivity index (χ0v) is 12.3. The molecule has 1 aromatic carbocycles. The summed E-state index contributed by atoms with van der Waals surface area (Å²) in [5.74, 6) is -0.180. The van der Waals surface area contributed by atoms with Crippen molar-refractivity contribution in [1.29, 1.82) is 0 Å². The normalized spacial score (nSPS) is 19.1. The first-order valence-corrected chi connectivity index (χ1v) is 7.85. The Kier molecular flexibility index (Phi) is 4.24. The Morgan fingerprint density at radius 1 is 1.24 bits per heavy atom. The molecule has 1 atom stereocenters. The highest BCUT2D eigenvalue weighted by Crippen LogP contribution is 2.28. The predicted octanol–water partition coefficient (Wildman–Crippen LogP) is 2.98. The van der Waals surface area contributed by atoms with Crippen molar-refractivity contribution in [3.05, 3.63) is 36.3 Å². The van der Waals surface area contributed by atoms with Crippen LogP contribution >= 0.6 is 11.8 Å². The molecule has 2 N–H and O–H groups in total. The van der Waals surface area contributed by atoms with E-state index in [2.05, 4.69) is 15.3 Å². The molecule has 2 heterocycles. The van der Waals surface area contributed by atoms with E-state index in [0.717, 1.165) is 42.2 Å². The number of halogens is 1. The van der Waals surface area contributed by atoms with E-state index in [0.29, 0.717) is 0 Å². The van der Waals surface area contributed by atoms with Crippen LogP contribution in [0.15, 0.2) is 35.6 Å². The number of H-pyrrole nitrogens is 1. The van der Waals surface area contributed by atoms with Gasteiger partial charge in [-0.05, 0) is 42.7 Å². The van der Waals surface area contributed by atoms with Gasteiger partial charge in [-0.1, -0.05) is 18.2 Å². The number of thioether (sulfide) groups is 1. The van der Waals surface area contributed by atoms with E-state index in [1.54, 1.807) is 18.3 Å². The highest BCUT2D eigenvalue weighted by Gasteiger charge is 2.22. The Labute approximate surface area is 126 Å². The number of amides is 1. The molecule has 1 amide bonds. The van der Waals surface area contributed by atoms with E-state index in [4.69, 9.17) is 0 Å². The van der Waals surface area contributed by atoms with E-state index < -0.39 is 0 Å². The Balaban J connectivity index is 1.72. The standard InChI is InChI=1S/C15H16FN3OS/c16-11-6-4-10(5-7-11)12-9-18-15(19-12)21-13-3-1-2-8-17-14(13)20/h4-7,9,13H,1-3,8H2,(H,17,20)(H,18,19)/t13-/m0/s1. The van der Waals surface area contributed by atoms with E-state index in [1.165, 1.54) is 23.9 Å². The third-order valence-electron chi connectivity index (χ3n) is 3.45. The van der Waals surface area contributed by atoms with Gasteiger partial charge in [0.1, 0.15) is 5.82 Å². The number of carbonyl (C=O) groups excluding carboxylic acids is 1. The van der Waals surface area contributed by atoms with Crippen LogP contribution in [0.4, 0.5) is 4.39 Å². The van der Waals surface area contributed by atoms with Crippen molar-refractivity contribution in [2.75, 3.05) is 6.54 Å². The minimum absolute atomic E-state index is 0.0808. The summed E-state index contributed by atoms with van der Waals surface area (Å²) >= 11 is 1.45. The second-order valence-corrected chi connectivity index (χ2v) is 6.19. The summed E-state index contributed by atoms with van der Waals surface area (Å²) in [4.78, 5) is 19.4. The van der Waals surface area contributed by atoms with Crippen molar-refractivity contribution in [2.45, 2.75) is 29.7 Å². The lowest BCUT2D eigenvalue weighted by atomic mass is 10.2. The van der Waals surface area contributed by atoms with E-state index in [-0.39, 0.29) is 17.0 Å². The SMILES string of the molecule is O=C1NCCCC[C@@H]1Sc1ncc(-c2ccc(F)cc2)[nH]1. The number of aromatic amines is 1. The third-order valence-corrected chi connectivity index (χ3v) is 4.61. The maximum Gasteiger partial charge on any atom is 0.233 e. The molecule has 0 saturated carbocycles. The second-order valence-electron chi connectivity index (χ2n) is 5.00. The summed E-state index contributed by atoms with van der Waals surface area (Å²) in [5, 5.41) is 3.54. The molecule has 2 aromatic rings. The number of hydrogen-bond donors (Lipinski definition) is 2. The Bertz CT molecular complexity index is 626. The molecule has 1 aliphatic heterocycles. The van der Waals surface area contributed by atoms with Crippen molar-refractivity contribution < 1.29 is 9.18 Å². The molecule has 3 rings (SSSR count). The molecule has 1 saturated heterocycles. The maximum absolute atomic E-state index is 12.9. The molecule has 0 aliphatic carbocycles. The number of nitrogens with one attached hydrogen (secondary N) is 2. The molecule has 21 heavy (non-hydrogen) atoms. The minimum atomic E-state index is -0.261. The number of nitrogens with zero attached hydrogens (tertiary/aromatic N) is 1. The van der Waals surface area contributed by atoms with Crippen LogP contribution in [0.3, 0.4) is 0 Å². The molecule has 0 radical (unpaired) electrons. The Morgan fingerprint density at radius 2 is 2.05 bits per heavy atom. The van der Waals surface area contributed by atoms with Gasteiger partial charge in [-0.15, -0.1) is 0 Å². The molecule has 6 heteroatoms. The summed E-state index contributed by atoms with van der Waals surface area (Å²) in [7, 11) is 0. The van der Waals surface area contributed by atoms with Gasteiger partial charge in [0.2, 0.25) is 5.91 Å². The highest BCUT2D eigenvalue weighted by molar-refractivity contribution is 8.00. The largest absolute Gasteiger partial charge is 0.355 e. The average molecular weight is 305 g/mol. The van der Waals surface area contributed by atoms with Crippen LogP contribution in [0, 0.1) is 5.82 Å². The molecule has 1 aliphatic rings. The van der Waals surface area contributed by atoms with Gasteiger partial charge in [0.25, 0.3) is 0 Å². The second kappa shape index (κ2) is 6.30. The van der Waals surface area contributed by atoms with Crippen LogP contribution in [-0.2, 0) is 4.79 Å². The molecule has 0 unspecified atom stereocenters. The summed E-state index contributed by atoms with van der Waals surface area (Å²) in [5.41, 5.74) is 1.70. The van der Waals surface area contributed by atoms with Crippen molar-refractivity contribution in [2.24, 2.45) is 0 Å². The topological polar surface area (TPSA) is 57.8 Å². The monoisotopic (exact) mass is 305 g/mol. The summed E-state index contributed by atoms with van der Waals surface area (Å²) in [6, 6.07) is 6.24. The number of aromatic nitrogens is 2. The molecule has 0 bridgehead atoms. The van der Waals surface area contributed by atoms with E-state index >= 15 is 0 Å². The summed E-state index contributed by atoms with van der Waals surface area (Å²) in [6.45, 7) is 0.759. The smallest absolute Gasteiger partial charge is 0.233 e. The third kappa shape index (κ3) is 3.44. The summed E-state index contributed by atoms with van der Waals surface area (Å²) in [6.07, 6.45) is 4.65. The van der Waals surface area contributed by atoms with Crippen LogP contribution in [-0.4, -0.2) is 27.7 Å². The Hall–Kier alpha value is -1.82. The van der Waals surface area contributed by atoms with Gasteiger partial charge in [-0.25, -0.2) is 9.37 Å². The van der Waals surface area contributed by atoms with Crippen molar-refractivity contribution in [3.8, 4) is 11.3 Å². The van der Waals surface area contributed by atoms with Crippen molar-refractivity contribution >= 4 is 17.7 Å². The lowest BCUT2D eigenvalue weighted by molar-refractivity contribution is -0.120. The number of imidazole rings is 1.